The van der Waals surface area contributed by atoms with Crippen LogP contribution in [-0.2, 0) is 9.59 Å². The molecule has 0 aromatic heterocycles. The minimum atomic E-state index is -0.519. The number of amides is 2. The van der Waals surface area contributed by atoms with E-state index in [-0.39, 0.29) is 18.8 Å². The molecule has 1 aromatic rings. The average molecular weight is 327 g/mol. The normalized spacial score (nSPS) is 14.2. The second-order valence-corrected chi connectivity index (χ2v) is 4.80. The number of carbonyl (C=O) groups excluding carboxylic acids is 2. The van der Waals surface area contributed by atoms with Crippen LogP contribution in [0.15, 0.2) is 23.9 Å². The number of imide groups is 1. The number of hydrogen-bond acceptors (Lipinski definition) is 6. The van der Waals surface area contributed by atoms with Gasteiger partial charge in [0.25, 0.3) is 11.8 Å². The maximum atomic E-state index is 12.1. The first-order valence-electron chi connectivity index (χ1n) is 6.38. The number of anilines is 1. The number of β-amino-alcohol motifs (C(OH)–C–C–N with tert-alkyl or cyclic N) is 1. The third kappa shape index (κ3) is 3.00. The smallest absolute Gasteiger partial charge is 0.277 e. The molecule has 2 amide bonds. The van der Waals surface area contributed by atoms with Crippen LogP contribution in [0.2, 0.25) is 5.02 Å². The maximum Gasteiger partial charge on any atom is 0.277 e. The van der Waals surface area contributed by atoms with E-state index < -0.39 is 11.8 Å². The first-order valence-corrected chi connectivity index (χ1v) is 6.76. The first-order chi connectivity index (χ1) is 10.5. The predicted molar refractivity (Wildman–Crippen MR) is 80.1 cm³/mol. The molecule has 118 valence electrons. The minimum Gasteiger partial charge on any atom is -0.495 e. The van der Waals surface area contributed by atoms with Crippen molar-refractivity contribution in [1.82, 2.24) is 4.90 Å². The summed E-state index contributed by atoms with van der Waals surface area (Å²) in [4.78, 5) is 24.8. The topological polar surface area (TPSA) is 88.1 Å². The number of benzene rings is 1. The number of nitrogens with zero attached hydrogens (tertiary/aromatic N) is 1. The molecule has 2 rings (SSSR count). The molecule has 0 unspecified atom stereocenters. The standard InChI is InChI=1S/C14H15ClN2O5/c1-21-11-6-9(12(22-2)5-8(11)15)16-10-7-13(19)17(3-4-18)14(10)20/h5-7,16,18H,3-4H2,1-2H3. The van der Waals surface area contributed by atoms with Gasteiger partial charge in [0.15, 0.2) is 0 Å². The van der Waals surface area contributed by atoms with Gasteiger partial charge in [-0.25, -0.2) is 0 Å². The summed E-state index contributed by atoms with van der Waals surface area (Å²) in [6.45, 7) is -0.350. The highest BCUT2D eigenvalue weighted by atomic mass is 35.5. The lowest BCUT2D eigenvalue weighted by atomic mass is 10.2. The molecular formula is C14H15ClN2O5. The number of hydrogen-bond donors (Lipinski definition) is 2. The van der Waals surface area contributed by atoms with Crippen molar-refractivity contribution in [1.29, 1.82) is 0 Å². The fraction of sp³-hybridized carbons (Fsp3) is 0.286. The van der Waals surface area contributed by atoms with E-state index in [0.29, 0.717) is 22.2 Å². The lowest BCUT2D eigenvalue weighted by Gasteiger charge is -2.16. The number of rotatable bonds is 6. The van der Waals surface area contributed by atoms with Crippen LogP contribution in [0.4, 0.5) is 5.69 Å². The maximum absolute atomic E-state index is 12.1. The highest BCUT2D eigenvalue weighted by Gasteiger charge is 2.31. The van der Waals surface area contributed by atoms with E-state index in [1.807, 2.05) is 0 Å². The van der Waals surface area contributed by atoms with Gasteiger partial charge in [-0.3, -0.25) is 14.5 Å². The number of aliphatic hydroxyl groups excluding tert-OH is 1. The van der Waals surface area contributed by atoms with Gasteiger partial charge in [-0.1, -0.05) is 11.6 Å². The Morgan fingerprint density at radius 1 is 1.23 bits per heavy atom. The van der Waals surface area contributed by atoms with Crippen molar-refractivity contribution in [3.8, 4) is 11.5 Å². The molecular weight excluding hydrogens is 312 g/mol. The highest BCUT2D eigenvalue weighted by Crippen LogP contribution is 2.36. The molecule has 22 heavy (non-hydrogen) atoms. The second kappa shape index (κ2) is 6.67. The summed E-state index contributed by atoms with van der Waals surface area (Å²) in [6.07, 6.45) is 1.17. The average Bonchev–Trinajstić information content (AvgIpc) is 2.76. The Kier molecular flexibility index (Phi) is 4.89. The van der Waals surface area contributed by atoms with Gasteiger partial charge < -0.3 is 19.9 Å². The summed E-state index contributed by atoms with van der Waals surface area (Å²) in [6, 6.07) is 3.10. The summed E-state index contributed by atoms with van der Waals surface area (Å²) < 4.78 is 10.3. The van der Waals surface area contributed by atoms with Gasteiger partial charge in [0.05, 0.1) is 38.1 Å². The van der Waals surface area contributed by atoms with Gasteiger partial charge in [-0.15, -0.1) is 0 Å². The monoisotopic (exact) mass is 326 g/mol. The van der Waals surface area contributed by atoms with Gasteiger partial charge >= 0.3 is 0 Å². The van der Waals surface area contributed by atoms with Crippen LogP contribution in [0.1, 0.15) is 0 Å². The van der Waals surface area contributed by atoms with Crippen LogP contribution in [-0.4, -0.2) is 49.2 Å². The first kappa shape index (κ1) is 16.1. The number of carbonyl (C=O) groups is 2. The largest absolute Gasteiger partial charge is 0.495 e. The summed E-state index contributed by atoms with van der Waals surface area (Å²) in [7, 11) is 2.92. The van der Waals surface area contributed by atoms with Gasteiger partial charge in [-0.2, -0.15) is 0 Å². The molecule has 0 saturated heterocycles. The zero-order chi connectivity index (χ0) is 16.3. The lowest BCUT2D eigenvalue weighted by Crippen LogP contribution is -2.34. The molecule has 0 fully saturated rings. The fourth-order valence-electron chi connectivity index (χ4n) is 2.01. The van der Waals surface area contributed by atoms with Crippen LogP contribution in [0, 0.1) is 0 Å². The van der Waals surface area contributed by atoms with Gasteiger partial charge in [0.1, 0.15) is 17.2 Å². The molecule has 0 bridgehead atoms. The Balaban J connectivity index is 2.29. The van der Waals surface area contributed by atoms with E-state index >= 15 is 0 Å². The van der Waals surface area contributed by atoms with Crippen molar-refractivity contribution < 1.29 is 24.2 Å². The molecule has 7 nitrogen and oxygen atoms in total. The molecule has 1 heterocycles. The van der Waals surface area contributed by atoms with E-state index in [4.69, 9.17) is 26.2 Å². The van der Waals surface area contributed by atoms with Crippen molar-refractivity contribution in [3.05, 3.63) is 28.9 Å². The fourth-order valence-corrected chi connectivity index (χ4v) is 2.24. The summed E-state index contributed by atoms with van der Waals surface area (Å²) in [5.41, 5.74) is 0.517. The van der Waals surface area contributed by atoms with Crippen LogP contribution in [0.5, 0.6) is 11.5 Å². The number of aliphatic hydroxyl groups is 1. The van der Waals surface area contributed by atoms with Crippen molar-refractivity contribution in [3.63, 3.8) is 0 Å². The van der Waals surface area contributed by atoms with E-state index in [1.54, 1.807) is 6.07 Å². The molecule has 0 saturated carbocycles. The van der Waals surface area contributed by atoms with Crippen LogP contribution >= 0.6 is 11.6 Å². The Labute approximate surface area is 132 Å². The lowest BCUT2D eigenvalue weighted by molar-refractivity contribution is -0.137. The third-order valence-corrected chi connectivity index (χ3v) is 3.37. The summed E-state index contributed by atoms with van der Waals surface area (Å²) in [5.74, 6) is -0.210. The zero-order valence-corrected chi connectivity index (χ0v) is 12.8. The SMILES string of the molecule is COc1cc(NC2=CC(=O)N(CCO)C2=O)c(OC)cc1Cl. The molecule has 1 aromatic carbocycles. The molecule has 8 heteroatoms. The quantitative estimate of drug-likeness (QED) is 0.759. The molecule has 0 spiro atoms. The number of halogens is 1. The van der Waals surface area contributed by atoms with Gasteiger partial charge in [-0.05, 0) is 0 Å². The van der Waals surface area contributed by atoms with Crippen LogP contribution < -0.4 is 14.8 Å². The second-order valence-electron chi connectivity index (χ2n) is 4.39. The van der Waals surface area contributed by atoms with E-state index in [9.17, 15) is 9.59 Å². The third-order valence-electron chi connectivity index (χ3n) is 3.08. The number of methoxy groups -OCH3 is 2. The summed E-state index contributed by atoms with van der Waals surface area (Å²) >= 11 is 6.01. The van der Waals surface area contributed by atoms with Crippen LogP contribution in [0.25, 0.3) is 0 Å². The van der Waals surface area contributed by atoms with Crippen molar-refractivity contribution in [2.75, 3.05) is 32.7 Å². The molecule has 0 atom stereocenters. The highest BCUT2D eigenvalue weighted by molar-refractivity contribution is 6.32. The van der Waals surface area contributed by atoms with E-state index in [0.717, 1.165) is 4.90 Å². The van der Waals surface area contributed by atoms with Crippen molar-refractivity contribution in [2.45, 2.75) is 0 Å². The number of ether oxygens (including phenoxy) is 2. The van der Waals surface area contributed by atoms with Gasteiger partial charge in [0, 0.05) is 18.2 Å². The Hall–Kier alpha value is -2.25. The minimum absolute atomic E-state index is 0.0551. The van der Waals surface area contributed by atoms with E-state index in [1.165, 1.54) is 26.4 Å². The molecule has 2 N–H and O–H groups in total. The molecule has 0 radical (unpaired) electrons. The Bertz CT molecular complexity index is 644. The Morgan fingerprint density at radius 2 is 1.91 bits per heavy atom. The predicted octanol–water partition coefficient (Wildman–Crippen LogP) is 1.01. The summed E-state index contributed by atoms with van der Waals surface area (Å²) in [5, 5.41) is 12.1. The number of nitrogens with one attached hydrogen (secondary N) is 1. The van der Waals surface area contributed by atoms with Crippen molar-refractivity contribution in [2.24, 2.45) is 0 Å². The molecule has 1 aliphatic heterocycles. The van der Waals surface area contributed by atoms with Gasteiger partial charge in [0.2, 0.25) is 0 Å². The Morgan fingerprint density at radius 3 is 2.50 bits per heavy atom. The van der Waals surface area contributed by atoms with E-state index in [2.05, 4.69) is 5.32 Å². The van der Waals surface area contributed by atoms with Crippen LogP contribution in [0.3, 0.4) is 0 Å². The zero-order valence-electron chi connectivity index (χ0n) is 12.1. The molecule has 1 aliphatic rings. The van der Waals surface area contributed by atoms with Crippen molar-refractivity contribution >= 4 is 29.1 Å². The molecule has 0 aliphatic carbocycles.